The number of carbonyl (C=O) groups is 1. The number of nitrogens with zero attached hydrogens (tertiary/aromatic N) is 3. The highest BCUT2D eigenvalue weighted by molar-refractivity contribution is 9.10. The predicted octanol–water partition coefficient (Wildman–Crippen LogP) is 3.99. The number of fused-ring (bicyclic) bond motifs is 1. The van der Waals surface area contributed by atoms with Crippen molar-refractivity contribution in [3.63, 3.8) is 0 Å². The summed E-state index contributed by atoms with van der Waals surface area (Å²) in [6.07, 6.45) is 4.13. The van der Waals surface area contributed by atoms with Crippen molar-refractivity contribution >= 4 is 32.9 Å². The maximum atomic E-state index is 12.0. The number of benzene rings is 1. The Hall–Kier alpha value is -2.41. The lowest BCUT2D eigenvalue weighted by Crippen LogP contribution is -2.18. The molecule has 0 aliphatic heterocycles. The lowest BCUT2D eigenvalue weighted by molar-refractivity contribution is 0.0962. The average Bonchev–Trinajstić information content (AvgIpc) is 3.35. The first kappa shape index (κ1) is 16.1. The maximum absolute atomic E-state index is 12.0. The van der Waals surface area contributed by atoms with Crippen LogP contribution in [0.2, 0.25) is 0 Å². The highest BCUT2D eigenvalue weighted by Gasteiger charge is 2.27. The zero-order valence-corrected chi connectivity index (χ0v) is 15.5. The second-order valence-corrected chi connectivity index (χ2v) is 6.97. The quantitative estimate of drug-likeness (QED) is 0.672. The van der Waals surface area contributed by atoms with Gasteiger partial charge in [0.2, 0.25) is 5.88 Å². The predicted molar refractivity (Wildman–Crippen MR) is 98.1 cm³/mol. The maximum Gasteiger partial charge on any atom is 0.251 e. The molecule has 7 heteroatoms. The summed E-state index contributed by atoms with van der Waals surface area (Å²) in [6.45, 7) is 1.89. The molecule has 0 radical (unpaired) electrons. The summed E-state index contributed by atoms with van der Waals surface area (Å²) in [5.74, 6) is 0.915. The van der Waals surface area contributed by atoms with Crippen molar-refractivity contribution in [2.75, 3.05) is 7.05 Å². The third-order valence-corrected chi connectivity index (χ3v) is 4.73. The topological polar surface area (TPSA) is 69.0 Å². The van der Waals surface area contributed by atoms with E-state index in [4.69, 9.17) is 4.74 Å². The molecule has 1 N–H and O–H groups in total. The number of amides is 1. The van der Waals surface area contributed by atoms with Crippen molar-refractivity contribution in [3.05, 3.63) is 46.3 Å². The van der Waals surface area contributed by atoms with Gasteiger partial charge in [0.25, 0.3) is 5.91 Å². The fraction of sp³-hybridized carbons (Fsp3) is 0.278. The van der Waals surface area contributed by atoms with E-state index in [-0.39, 0.29) is 5.91 Å². The third kappa shape index (κ3) is 3.00. The van der Waals surface area contributed by atoms with Crippen LogP contribution in [0.4, 0.5) is 0 Å². The Balaban J connectivity index is 1.78. The van der Waals surface area contributed by atoms with Crippen LogP contribution in [0.5, 0.6) is 11.6 Å². The number of rotatable bonds is 4. The van der Waals surface area contributed by atoms with Crippen molar-refractivity contribution in [2.45, 2.75) is 25.8 Å². The molecule has 6 nitrogen and oxygen atoms in total. The minimum atomic E-state index is -0.140. The number of hydrogen-bond donors (Lipinski definition) is 1. The van der Waals surface area contributed by atoms with Gasteiger partial charge in [-0.25, -0.2) is 9.97 Å². The van der Waals surface area contributed by atoms with Crippen molar-refractivity contribution in [1.82, 2.24) is 19.9 Å². The Labute approximate surface area is 153 Å². The van der Waals surface area contributed by atoms with Crippen LogP contribution in [0.15, 0.2) is 35.2 Å². The molecule has 0 saturated heterocycles. The van der Waals surface area contributed by atoms with Crippen LogP contribution in [0.25, 0.3) is 11.0 Å². The molecule has 0 atom stereocenters. The highest BCUT2D eigenvalue weighted by Crippen LogP contribution is 2.40. The molecule has 0 bridgehead atoms. The molecule has 0 unspecified atom stereocenters. The Bertz CT molecular complexity index is 979. The van der Waals surface area contributed by atoms with E-state index in [2.05, 4.69) is 35.8 Å². The number of aryl methyl sites for hydroxylation is 1. The van der Waals surface area contributed by atoms with Gasteiger partial charge in [0.05, 0.1) is 11.8 Å². The van der Waals surface area contributed by atoms with Crippen molar-refractivity contribution in [1.29, 1.82) is 0 Å². The molecule has 1 saturated carbocycles. The largest absolute Gasteiger partial charge is 0.437 e. The van der Waals surface area contributed by atoms with Crippen LogP contribution in [-0.2, 0) is 0 Å². The number of ether oxygens (including phenoxy) is 1. The second-order valence-electron chi connectivity index (χ2n) is 6.16. The molecular weight excluding hydrogens is 384 g/mol. The van der Waals surface area contributed by atoms with E-state index in [1.807, 2.05) is 31.5 Å². The van der Waals surface area contributed by atoms with E-state index >= 15 is 0 Å². The number of aromatic nitrogens is 3. The van der Waals surface area contributed by atoms with Crippen LogP contribution in [0.3, 0.4) is 0 Å². The Morgan fingerprint density at radius 2 is 2.16 bits per heavy atom. The Morgan fingerprint density at radius 3 is 2.88 bits per heavy atom. The van der Waals surface area contributed by atoms with Crippen molar-refractivity contribution in [2.24, 2.45) is 0 Å². The summed E-state index contributed by atoms with van der Waals surface area (Å²) in [5.41, 5.74) is 3.19. The molecule has 1 aromatic carbocycles. The van der Waals surface area contributed by atoms with Crippen LogP contribution in [0.1, 0.15) is 34.8 Å². The van der Waals surface area contributed by atoms with Gasteiger partial charge in [0.1, 0.15) is 15.9 Å². The fourth-order valence-corrected chi connectivity index (χ4v) is 3.23. The normalized spacial score (nSPS) is 13.9. The van der Waals surface area contributed by atoms with Crippen molar-refractivity contribution in [3.8, 4) is 11.6 Å². The van der Waals surface area contributed by atoms with Crippen LogP contribution in [-0.4, -0.2) is 27.5 Å². The number of carbonyl (C=O) groups excluding carboxylic acids is 1. The summed E-state index contributed by atoms with van der Waals surface area (Å²) >= 11 is 3.41. The van der Waals surface area contributed by atoms with Gasteiger partial charge in [0.15, 0.2) is 0 Å². The lowest BCUT2D eigenvalue weighted by atomic mass is 10.1. The molecule has 2 aromatic heterocycles. The SMILES string of the molecule is CNC(=O)c1cc(Oc2nc(Br)cc3ncn(C4CC4)c23)ccc1C. The Morgan fingerprint density at radius 1 is 1.36 bits per heavy atom. The van der Waals surface area contributed by atoms with Crippen LogP contribution >= 0.6 is 15.9 Å². The third-order valence-electron chi connectivity index (χ3n) is 4.32. The van der Waals surface area contributed by atoms with Gasteiger partial charge in [0, 0.05) is 18.7 Å². The molecule has 2 heterocycles. The van der Waals surface area contributed by atoms with Gasteiger partial charge in [-0.2, -0.15) is 0 Å². The lowest BCUT2D eigenvalue weighted by Gasteiger charge is -2.11. The number of hydrogen-bond acceptors (Lipinski definition) is 4. The zero-order valence-electron chi connectivity index (χ0n) is 13.9. The minimum Gasteiger partial charge on any atom is -0.437 e. The number of nitrogens with one attached hydrogen (secondary N) is 1. The molecule has 1 aliphatic rings. The molecule has 3 aromatic rings. The zero-order chi connectivity index (χ0) is 17.6. The summed E-state index contributed by atoms with van der Waals surface area (Å²) in [6, 6.07) is 7.79. The first-order valence-electron chi connectivity index (χ1n) is 8.10. The standard InChI is InChI=1S/C18H17BrN4O2/c1-10-3-6-12(7-13(10)17(24)20-2)25-18-16-14(8-15(19)22-18)21-9-23(16)11-4-5-11/h3,6-9,11H,4-5H2,1-2H3,(H,20,24). The van der Waals surface area contributed by atoms with Gasteiger partial charge in [-0.3, -0.25) is 4.79 Å². The van der Waals surface area contributed by atoms with Gasteiger partial charge < -0.3 is 14.6 Å². The molecule has 1 amide bonds. The Kier molecular flexibility index (Phi) is 3.95. The fourth-order valence-electron chi connectivity index (χ4n) is 2.85. The van der Waals surface area contributed by atoms with E-state index in [1.54, 1.807) is 13.1 Å². The number of imidazole rings is 1. The summed E-state index contributed by atoms with van der Waals surface area (Å²) in [4.78, 5) is 21.0. The van der Waals surface area contributed by atoms with E-state index in [0.717, 1.165) is 29.4 Å². The van der Waals surface area contributed by atoms with Gasteiger partial charge in [-0.05, 0) is 59.5 Å². The number of halogens is 1. The molecule has 4 rings (SSSR count). The molecule has 25 heavy (non-hydrogen) atoms. The van der Waals surface area contributed by atoms with Gasteiger partial charge in [-0.15, -0.1) is 0 Å². The van der Waals surface area contributed by atoms with Crippen LogP contribution < -0.4 is 10.1 Å². The van der Waals surface area contributed by atoms with Gasteiger partial charge >= 0.3 is 0 Å². The highest BCUT2D eigenvalue weighted by atomic mass is 79.9. The molecule has 0 spiro atoms. The van der Waals surface area contributed by atoms with Crippen LogP contribution in [0, 0.1) is 6.92 Å². The smallest absolute Gasteiger partial charge is 0.251 e. The average molecular weight is 401 g/mol. The van der Waals surface area contributed by atoms with Crippen molar-refractivity contribution < 1.29 is 9.53 Å². The summed E-state index contributed by atoms with van der Waals surface area (Å²) in [5, 5.41) is 2.65. The molecule has 1 aliphatic carbocycles. The van der Waals surface area contributed by atoms with E-state index in [9.17, 15) is 4.79 Å². The molecule has 128 valence electrons. The first-order valence-corrected chi connectivity index (χ1v) is 8.90. The first-order chi connectivity index (χ1) is 12.1. The summed E-state index contributed by atoms with van der Waals surface area (Å²) in [7, 11) is 1.61. The minimum absolute atomic E-state index is 0.140. The number of pyridine rings is 1. The van der Waals surface area contributed by atoms with E-state index < -0.39 is 0 Å². The van der Waals surface area contributed by atoms with E-state index in [0.29, 0.717) is 27.8 Å². The monoisotopic (exact) mass is 400 g/mol. The van der Waals surface area contributed by atoms with Gasteiger partial charge in [-0.1, -0.05) is 6.07 Å². The molecule has 1 fully saturated rings. The van der Waals surface area contributed by atoms with E-state index in [1.165, 1.54) is 0 Å². The second kappa shape index (κ2) is 6.15. The molecular formula is C18H17BrN4O2. The summed E-state index contributed by atoms with van der Waals surface area (Å²) < 4.78 is 8.84.